The van der Waals surface area contributed by atoms with E-state index in [0.29, 0.717) is 17.9 Å². The van der Waals surface area contributed by atoms with E-state index >= 15 is 0 Å². The van der Waals surface area contributed by atoms with Gasteiger partial charge in [-0.1, -0.05) is 19.4 Å². The maximum atomic E-state index is 11.8. The fourth-order valence-corrected chi connectivity index (χ4v) is 1.57. The normalized spacial score (nSPS) is 11.5. The van der Waals surface area contributed by atoms with Gasteiger partial charge in [0.1, 0.15) is 5.75 Å². The molecule has 1 unspecified atom stereocenters. The van der Waals surface area contributed by atoms with Crippen molar-refractivity contribution >= 4 is 5.91 Å². The van der Waals surface area contributed by atoms with Crippen molar-refractivity contribution in [2.45, 2.75) is 39.7 Å². The van der Waals surface area contributed by atoms with Crippen LogP contribution >= 0.6 is 0 Å². The van der Waals surface area contributed by atoms with E-state index in [0.717, 1.165) is 18.4 Å². The molecule has 4 heteroatoms. The number of nitrogens with one attached hydrogen (secondary N) is 1. The Hall–Kier alpha value is -2.02. The molecule has 0 radical (unpaired) electrons. The van der Waals surface area contributed by atoms with Crippen LogP contribution in [-0.2, 0) is 4.79 Å². The van der Waals surface area contributed by atoms with Crippen molar-refractivity contribution in [3.63, 3.8) is 0 Å². The van der Waals surface area contributed by atoms with E-state index in [1.54, 1.807) is 19.1 Å². The summed E-state index contributed by atoms with van der Waals surface area (Å²) in [5.74, 6) is 0.451. The second-order valence-corrected chi connectivity index (χ2v) is 4.50. The molecule has 0 aliphatic rings. The molecule has 1 atom stereocenters. The van der Waals surface area contributed by atoms with E-state index in [1.165, 1.54) is 0 Å². The predicted molar refractivity (Wildman–Crippen MR) is 73.9 cm³/mol. The van der Waals surface area contributed by atoms with E-state index in [4.69, 9.17) is 10.00 Å². The van der Waals surface area contributed by atoms with Gasteiger partial charge in [0.2, 0.25) is 0 Å². The Bertz CT molecular complexity index is 478. The fraction of sp³-hybridized carbons (Fsp3) is 0.467. The summed E-state index contributed by atoms with van der Waals surface area (Å²) in [6.07, 6.45) is 1.43. The molecular weight excluding hydrogens is 240 g/mol. The van der Waals surface area contributed by atoms with Gasteiger partial charge in [0.25, 0.3) is 5.91 Å². The summed E-state index contributed by atoms with van der Waals surface area (Å²) in [4.78, 5) is 11.8. The molecule has 0 spiro atoms. The second kappa shape index (κ2) is 7.42. The monoisotopic (exact) mass is 260 g/mol. The third-order valence-corrected chi connectivity index (χ3v) is 2.82. The van der Waals surface area contributed by atoms with Crippen molar-refractivity contribution in [2.24, 2.45) is 0 Å². The molecule has 19 heavy (non-hydrogen) atoms. The molecule has 0 aliphatic carbocycles. The van der Waals surface area contributed by atoms with Crippen LogP contribution in [0.25, 0.3) is 0 Å². The maximum absolute atomic E-state index is 11.8. The lowest BCUT2D eigenvalue weighted by atomic mass is 10.1. The molecule has 0 bridgehead atoms. The summed E-state index contributed by atoms with van der Waals surface area (Å²) >= 11 is 0. The van der Waals surface area contributed by atoms with Gasteiger partial charge in [-0.25, -0.2) is 0 Å². The fourth-order valence-electron chi connectivity index (χ4n) is 1.57. The van der Waals surface area contributed by atoms with Crippen LogP contribution in [0.2, 0.25) is 0 Å². The molecule has 1 N–H and O–H groups in total. The minimum Gasteiger partial charge on any atom is -0.481 e. The van der Waals surface area contributed by atoms with E-state index in [1.807, 2.05) is 13.0 Å². The van der Waals surface area contributed by atoms with E-state index in [-0.39, 0.29) is 5.91 Å². The predicted octanol–water partition coefficient (Wildman–Crippen LogP) is 2.55. The molecule has 1 amide bonds. The quantitative estimate of drug-likeness (QED) is 0.799. The zero-order valence-corrected chi connectivity index (χ0v) is 11.7. The number of benzene rings is 1. The van der Waals surface area contributed by atoms with Gasteiger partial charge in [-0.3, -0.25) is 4.79 Å². The number of nitriles is 1. The van der Waals surface area contributed by atoms with Crippen LogP contribution < -0.4 is 10.1 Å². The lowest BCUT2D eigenvalue weighted by Crippen LogP contribution is -2.36. The number of unbranched alkanes of at least 4 members (excludes halogenated alkanes) is 1. The highest BCUT2D eigenvalue weighted by Crippen LogP contribution is 2.20. The Labute approximate surface area is 114 Å². The Morgan fingerprint density at radius 2 is 2.26 bits per heavy atom. The van der Waals surface area contributed by atoms with Gasteiger partial charge in [0.15, 0.2) is 6.10 Å². The Morgan fingerprint density at radius 3 is 2.89 bits per heavy atom. The molecular formula is C15H20N2O2. The number of hydrogen-bond donors (Lipinski definition) is 1. The molecule has 1 rings (SSSR count). The highest BCUT2D eigenvalue weighted by atomic mass is 16.5. The first-order chi connectivity index (χ1) is 9.08. The van der Waals surface area contributed by atoms with Crippen LogP contribution in [0.3, 0.4) is 0 Å². The topological polar surface area (TPSA) is 62.1 Å². The van der Waals surface area contributed by atoms with Gasteiger partial charge in [-0.15, -0.1) is 0 Å². The number of rotatable bonds is 6. The lowest BCUT2D eigenvalue weighted by Gasteiger charge is -2.16. The van der Waals surface area contributed by atoms with Crippen molar-refractivity contribution in [3.8, 4) is 11.8 Å². The minimum atomic E-state index is -0.565. The zero-order chi connectivity index (χ0) is 14.3. The highest BCUT2D eigenvalue weighted by Gasteiger charge is 2.15. The van der Waals surface area contributed by atoms with Crippen LogP contribution in [0.4, 0.5) is 0 Å². The number of nitrogens with zero attached hydrogens (tertiary/aromatic N) is 1. The summed E-state index contributed by atoms with van der Waals surface area (Å²) in [6, 6.07) is 7.26. The molecule has 0 heterocycles. The number of carbonyl (C=O) groups excluding carboxylic acids is 1. The summed E-state index contributed by atoms with van der Waals surface area (Å²) in [5.41, 5.74) is 1.44. The molecule has 102 valence electrons. The largest absolute Gasteiger partial charge is 0.481 e. The Kier molecular flexibility index (Phi) is 5.87. The van der Waals surface area contributed by atoms with Gasteiger partial charge in [-0.2, -0.15) is 5.26 Å². The Morgan fingerprint density at radius 1 is 1.53 bits per heavy atom. The highest BCUT2D eigenvalue weighted by molar-refractivity contribution is 5.80. The first-order valence-electron chi connectivity index (χ1n) is 6.53. The lowest BCUT2D eigenvalue weighted by molar-refractivity contribution is -0.127. The Balaban J connectivity index is 2.63. The van der Waals surface area contributed by atoms with Crippen LogP contribution in [0, 0.1) is 18.3 Å². The summed E-state index contributed by atoms with van der Waals surface area (Å²) in [7, 11) is 0. The summed E-state index contributed by atoms with van der Waals surface area (Å²) in [6.45, 7) is 6.33. The van der Waals surface area contributed by atoms with Gasteiger partial charge in [0.05, 0.1) is 11.6 Å². The van der Waals surface area contributed by atoms with Crippen LogP contribution in [0.1, 0.15) is 37.8 Å². The number of carbonyl (C=O) groups is 1. The number of aryl methyl sites for hydroxylation is 1. The molecule has 0 saturated heterocycles. The van der Waals surface area contributed by atoms with E-state index in [2.05, 4.69) is 18.3 Å². The van der Waals surface area contributed by atoms with Crippen molar-refractivity contribution in [3.05, 3.63) is 29.3 Å². The SMILES string of the molecule is CCCCNC(=O)C(C)Oc1cc(C#N)ccc1C. The first-order valence-corrected chi connectivity index (χ1v) is 6.53. The molecule has 1 aromatic rings. The van der Waals surface area contributed by atoms with Gasteiger partial charge >= 0.3 is 0 Å². The molecule has 0 saturated carbocycles. The van der Waals surface area contributed by atoms with Crippen LogP contribution in [-0.4, -0.2) is 18.6 Å². The summed E-state index contributed by atoms with van der Waals surface area (Å²) in [5, 5.41) is 11.7. The van der Waals surface area contributed by atoms with Crippen molar-refractivity contribution in [1.29, 1.82) is 5.26 Å². The minimum absolute atomic E-state index is 0.129. The van der Waals surface area contributed by atoms with E-state index < -0.39 is 6.10 Å². The number of ether oxygens (including phenoxy) is 1. The van der Waals surface area contributed by atoms with Crippen LogP contribution in [0.15, 0.2) is 18.2 Å². The van der Waals surface area contributed by atoms with E-state index in [9.17, 15) is 4.79 Å². The van der Waals surface area contributed by atoms with Gasteiger partial charge < -0.3 is 10.1 Å². The third-order valence-electron chi connectivity index (χ3n) is 2.82. The number of hydrogen-bond acceptors (Lipinski definition) is 3. The third kappa shape index (κ3) is 4.63. The average molecular weight is 260 g/mol. The molecule has 0 aromatic heterocycles. The molecule has 4 nitrogen and oxygen atoms in total. The standard InChI is InChI=1S/C15H20N2O2/c1-4-5-8-17-15(18)12(3)19-14-9-13(10-16)7-6-11(14)2/h6-7,9,12H,4-5,8H2,1-3H3,(H,17,18). The zero-order valence-electron chi connectivity index (χ0n) is 11.7. The van der Waals surface area contributed by atoms with Gasteiger partial charge in [-0.05, 0) is 38.0 Å². The molecule has 0 aliphatic heterocycles. The summed E-state index contributed by atoms with van der Waals surface area (Å²) < 4.78 is 5.62. The smallest absolute Gasteiger partial charge is 0.260 e. The second-order valence-electron chi connectivity index (χ2n) is 4.50. The van der Waals surface area contributed by atoms with Gasteiger partial charge in [0, 0.05) is 6.54 Å². The average Bonchev–Trinajstić information content (AvgIpc) is 2.41. The van der Waals surface area contributed by atoms with Crippen LogP contribution in [0.5, 0.6) is 5.75 Å². The van der Waals surface area contributed by atoms with Crippen molar-refractivity contribution < 1.29 is 9.53 Å². The van der Waals surface area contributed by atoms with Crippen molar-refractivity contribution in [2.75, 3.05) is 6.54 Å². The number of amides is 1. The molecule has 1 aromatic carbocycles. The molecule has 0 fully saturated rings. The maximum Gasteiger partial charge on any atom is 0.260 e. The first kappa shape index (κ1) is 15.0. The van der Waals surface area contributed by atoms with Crippen molar-refractivity contribution in [1.82, 2.24) is 5.32 Å².